The number of ether oxygens (including phenoxy) is 1. The zero-order valence-electron chi connectivity index (χ0n) is 15.5. The molecule has 5 rings (SSSR count). The number of pyridine rings is 1. The van der Waals surface area contributed by atoms with Crippen molar-refractivity contribution in [2.24, 2.45) is 0 Å². The molecular formula is C21H18N6O2. The second-order valence-corrected chi connectivity index (χ2v) is 6.89. The van der Waals surface area contributed by atoms with Crippen molar-refractivity contribution >= 4 is 33.7 Å². The topological polar surface area (TPSA) is 108 Å². The lowest BCUT2D eigenvalue weighted by atomic mass is 10.0. The number of hydrogen-bond donors (Lipinski definition) is 2. The first-order chi connectivity index (χ1) is 14.2. The van der Waals surface area contributed by atoms with Gasteiger partial charge in [0.2, 0.25) is 11.8 Å². The second-order valence-electron chi connectivity index (χ2n) is 6.89. The summed E-state index contributed by atoms with van der Waals surface area (Å²) in [7, 11) is 0. The van der Waals surface area contributed by atoms with Gasteiger partial charge in [0.15, 0.2) is 0 Å². The lowest BCUT2D eigenvalue weighted by Crippen LogP contribution is -2.44. The van der Waals surface area contributed by atoms with Crippen molar-refractivity contribution in [3.05, 3.63) is 55.5 Å². The van der Waals surface area contributed by atoms with E-state index in [1.807, 2.05) is 28.8 Å². The summed E-state index contributed by atoms with van der Waals surface area (Å²) in [6.07, 6.45) is 4.48. The van der Waals surface area contributed by atoms with E-state index < -0.39 is 0 Å². The van der Waals surface area contributed by atoms with Crippen LogP contribution in [0.4, 0.5) is 5.82 Å². The van der Waals surface area contributed by atoms with Gasteiger partial charge in [-0.05, 0) is 18.2 Å². The van der Waals surface area contributed by atoms with Gasteiger partial charge in [-0.3, -0.25) is 14.3 Å². The van der Waals surface area contributed by atoms with E-state index >= 15 is 0 Å². The van der Waals surface area contributed by atoms with Crippen molar-refractivity contribution in [1.29, 1.82) is 0 Å². The van der Waals surface area contributed by atoms with Crippen LogP contribution in [0.25, 0.3) is 33.1 Å². The number of carbonyl (C=O) groups is 1. The molecule has 29 heavy (non-hydrogen) atoms. The number of rotatable bonds is 3. The van der Waals surface area contributed by atoms with E-state index in [-0.39, 0.29) is 11.9 Å². The highest BCUT2D eigenvalue weighted by molar-refractivity contribution is 6.04. The van der Waals surface area contributed by atoms with E-state index in [2.05, 4.69) is 32.9 Å². The van der Waals surface area contributed by atoms with Crippen LogP contribution < -0.4 is 15.8 Å². The molecule has 8 heteroatoms. The molecule has 1 aromatic carbocycles. The fourth-order valence-corrected chi connectivity index (χ4v) is 3.77. The van der Waals surface area contributed by atoms with Crippen molar-refractivity contribution < 1.29 is 9.53 Å². The molecule has 4 heterocycles. The van der Waals surface area contributed by atoms with Gasteiger partial charge in [0.05, 0.1) is 29.1 Å². The number of amides is 1. The van der Waals surface area contributed by atoms with E-state index in [1.54, 1.807) is 6.20 Å². The molecule has 4 aromatic rings. The standard InChI is InChI=1S/C21H18N6O2/c1-2-16(28)26-14-9-27-20-18(19(22)24-11-25-20)17(21(27)29-10-14)13-7-12-5-3-4-6-15(12)23-8-13/h2-8,11,14H,1,9-10H2,(H,26,28)(H2,22,24,25). The van der Waals surface area contributed by atoms with E-state index in [0.29, 0.717) is 30.5 Å². The number of nitrogens with zero attached hydrogens (tertiary/aromatic N) is 4. The number of para-hydroxylation sites is 1. The van der Waals surface area contributed by atoms with E-state index in [4.69, 9.17) is 10.5 Å². The molecule has 3 aromatic heterocycles. The van der Waals surface area contributed by atoms with Gasteiger partial charge < -0.3 is 15.8 Å². The van der Waals surface area contributed by atoms with Gasteiger partial charge in [-0.2, -0.15) is 0 Å². The summed E-state index contributed by atoms with van der Waals surface area (Å²) in [4.78, 5) is 24.9. The highest BCUT2D eigenvalue weighted by Crippen LogP contribution is 2.43. The Morgan fingerprint density at radius 3 is 3.03 bits per heavy atom. The molecular weight excluding hydrogens is 368 g/mol. The molecule has 8 nitrogen and oxygen atoms in total. The summed E-state index contributed by atoms with van der Waals surface area (Å²) in [6.45, 7) is 4.33. The van der Waals surface area contributed by atoms with Crippen LogP contribution in [0.2, 0.25) is 0 Å². The minimum atomic E-state index is -0.244. The average Bonchev–Trinajstić information content (AvgIpc) is 3.08. The number of nitrogen functional groups attached to an aromatic ring is 1. The predicted octanol–water partition coefficient (Wildman–Crippen LogP) is 2.29. The molecule has 144 valence electrons. The zero-order valence-corrected chi connectivity index (χ0v) is 15.5. The summed E-state index contributed by atoms with van der Waals surface area (Å²) >= 11 is 0. The maximum atomic E-state index is 11.7. The van der Waals surface area contributed by atoms with Crippen LogP contribution in [0.15, 0.2) is 55.5 Å². The Kier molecular flexibility index (Phi) is 3.90. The predicted molar refractivity (Wildman–Crippen MR) is 110 cm³/mol. The number of hydrogen-bond acceptors (Lipinski definition) is 6. The number of aromatic nitrogens is 4. The van der Waals surface area contributed by atoms with Gasteiger partial charge in [0, 0.05) is 17.1 Å². The summed E-state index contributed by atoms with van der Waals surface area (Å²) in [5, 5.41) is 4.60. The Hall–Kier alpha value is -3.94. The van der Waals surface area contributed by atoms with Crippen LogP contribution in [0.3, 0.4) is 0 Å². The molecule has 0 saturated heterocycles. The van der Waals surface area contributed by atoms with Crippen molar-refractivity contribution in [2.75, 3.05) is 12.3 Å². The van der Waals surface area contributed by atoms with Gasteiger partial charge in [-0.15, -0.1) is 0 Å². The third-order valence-corrected chi connectivity index (χ3v) is 5.06. The minimum Gasteiger partial charge on any atom is -0.476 e. The zero-order chi connectivity index (χ0) is 20.0. The Labute approximate surface area is 166 Å². The first-order valence-electron chi connectivity index (χ1n) is 9.19. The number of nitrogens with two attached hydrogens (primary N) is 1. The number of fused-ring (bicyclic) bond motifs is 4. The Bertz CT molecular complexity index is 1280. The van der Waals surface area contributed by atoms with Crippen LogP contribution in [0.1, 0.15) is 0 Å². The number of nitrogens with one attached hydrogen (secondary N) is 1. The largest absolute Gasteiger partial charge is 0.476 e. The van der Waals surface area contributed by atoms with Gasteiger partial charge in [-0.25, -0.2) is 9.97 Å². The number of benzene rings is 1. The molecule has 0 fully saturated rings. The molecule has 1 amide bonds. The van der Waals surface area contributed by atoms with Crippen molar-refractivity contribution in [3.8, 4) is 17.0 Å². The fourth-order valence-electron chi connectivity index (χ4n) is 3.77. The monoisotopic (exact) mass is 386 g/mol. The van der Waals surface area contributed by atoms with Gasteiger partial charge in [0.25, 0.3) is 0 Å². The quantitative estimate of drug-likeness (QED) is 0.523. The first kappa shape index (κ1) is 17.2. The van der Waals surface area contributed by atoms with Crippen LogP contribution in [0.5, 0.6) is 5.88 Å². The molecule has 0 radical (unpaired) electrons. The summed E-state index contributed by atoms with van der Waals surface area (Å²) < 4.78 is 8.01. The summed E-state index contributed by atoms with van der Waals surface area (Å²) in [5.74, 6) is 0.773. The van der Waals surface area contributed by atoms with Crippen molar-refractivity contribution in [1.82, 2.24) is 24.8 Å². The number of anilines is 1. The van der Waals surface area contributed by atoms with E-state index in [9.17, 15) is 4.79 Å². The number of carbonyl (C=O) groups excluding carboxylic acids is 1. The smallest absolute Gasteiger partial charge is 0.243 e. The van der Waals surface area contributed by atoms with Gasteiger partial charge in [-0.1, -0.05) is 24.8 Å². The second kappa shape index (κ2) is 6.59. The van der Waals surface area contributed by atoms with Crippen LogP contribution in [0, 0.1) is 0 Å². The van der Waals surface area contributed by atoms with Crippen molar-refractivity contribution in [3.63, 3.8) is 0 Å². The molecule has 1 aliphatic heterocycles. The van der Waals surface area contributed by atoms with Crippen LogP contribution >= 0.6 is 0 Å². The molecule has 0 saturated carbocycles. The Morgan fingerprint density at radius 2 is 2.17 bits per heavy atom. The average molecular weight is 386 g/mol. The fraction of sp³-hybridized carbons (Fsp3) is 0.143. The normalized spacial score (nSPS) is 15.7. The molecule has 0 bridgehead atoms. The maximum Gasteiger partial charge on any atom is 0.243 e. The first-order valence-corrected chi connectivity index (χ1v) is 9.19. The van der Waals surface area contributed by atoms with E-state index in [1.165, 1.54) is 12.4 Å². The van der Waals surface area contributed by atoms with Crippen LogP contribution in [-0.2, 0) is 11.3 Å². The lowest BCUT2D eigenvalue weighted by Gasteiger charge is -2.26. The van der Waals surface area contributed by atoms with Gasteiger partial charge in [0.1, 0.15) is 24.4 Å². The molecule has 1 aliphatic rings. The highest BCUT2D eigenvalue weighted by atomic mass is 16.5. The third-order valence-electron chi connectivity index (χ3n) is 5.06. The highest BCUT2D eigenvalue weighted by Gasteiger charge is 2.29. The van der Waals surface area contributed by atoms with E-state index in [0.717, 1.165) is 27.4 Å². The minimum absolute atomic E-state index is 0.206. The molecule has 0 aliphatic carbocycles. The Balaban J connectivity index is 1.70. The lowest BCUT2D eigenvalue weighted by molar-refractivity contribution is -0.117. The Morgan fingerprint density at radius 1 is 1.31 bits per heavy atom. The SMILES string of the molecule is C=CC(=O)NC1COc2c(-c3cnc4ccccc4c3)c3c(N)ncnc3n2C1. The van der Waals surface area contributed by atoms with Gasteiger partial charge >= 0.3 is 0 Å². The summed E-state index contributed by atoms with van der Waals surface area (Å²) in [5.41, 5.74) is 9.48. The molecule has 3 N–H and O–H groups in total. The molecule has 0 spiro atoms. The molecule has 1 atom stereocenters. The van der Waals surface area contributed by atoms with Crippen LogP contribution in [-0.4, -0.2) is 38.1 Å². The summed E-state index contributed by atoms with van der Waals surface area (Å²) in [6, 6.07) is 9.76. The van der Waals surface area contributed by atoms with Crippen molar-refractivity contribution in [2.45, 2.75) is 12.6 Å². The maximum absolute atomic E-state index is 11.7. The molecule has 1 unspecified atom stereocenters. The third kappa shape index (κ3) is 2.77.